The highest BCUT2D eigenvalue weighted by Crippen LogP contribution is 2.28. The zero-order valence-electron chi connectivity index (χ0n) is 10.8. The number of guanidine groups is 1. The van der Waals surface area contributed by atoms with E-state index >= 15 is 0 Å². The van der Waals surface area contributed by atoms with Gasteiger partial charge in [-0.15, -0.1) is 5.10 Å². The van der Waals surface area contributed by atoms with Crippen LogP contribution in [0.5, 0.6) is 11.5 Å². The Balaban J connectivity index is 2.95. The molecule has 0 saturated carbocycles. The van der Waals surface area contributed by atoms with E-state index in [0.29, 0.717) is 11.5 Å². The standard InChI is InChI=1S/C12H18N4O2/c1-8(2)18-11-6-9(4-5-10(11)17-3)7-15-16-12(13)14/h4-8H,1-3H3,(H4,13,14,16). The molecule has 0 atom stereocenters. The van der Waals surface area contributed by atoms with E-state index in [4.69, 9.17) is 20.9 Å². The van der Waals surface area contributed by atoms with Crippen LogP contribution in [0.2, 0.25) is 0 Å². The van der Waals surface area contributed by atoms with Crippen LogP contribution < -0.4 is 20.9 Å². The van der Waals surface area contributed by atoms with Gasteiger partial charge in [0.15, 0.2) is 11.5 Å². The SMILES string of the molecule is COc1ccc(C=NN=C(N)N)cc1OC(C)C. The molecular weight excluding hydrogens is 232 g/mol. The molecule has 6 heteroatoms. The van der Waals surface area contributed by atoms with Crippen molar-refractivity contribution in [1.29, 1.82) is 0 Å². The highest BCUT2D eigenvalue weighted by Gasteiger charge is 2.06. The van der Waals surface area contributed by atoms with Crippen molar-refractivity contribution in [2.75, 3.05) is 7.11 Å². The van der Waals surface area contributed by atoms with Gasteiger partial charge < -0.3 is 20.9 Å². The largest absolute Gasteiger partial charge is 0.493 e. The first-order chi connectivity index (χ1) is 8.52. The molecule has 0 spiro atoms. The summed E-state index contributed by atoms with van der Waals surface area (Å²) < 4.78 is 10.8. The number of hydrogen-bond acceptors (Lipinski definition) is 4. The van der Waals surface area contributed by atoms with Gasteiger partial charge >= 0.3 is 0 Å². The minimum absolute atomic E-state index is 0.0591. The van der Waals surface area contributed by atoms with Crippen molar-refractivity contribution in [3.63, 3.8) is 0 Å². The molecule has 0 heterocycles. The number of benzene rings is 1. The molecule has 98 valence electrons. The fourth-order valence-corrected chi connectivity index (χ4v) is 1.28. The molecular formula is C12H18N4O2. The normalized spacial score (nSPS) is 10.7. The van der Waals surface area contributed by atoms with Gasteiger partial charge in [0, 0.05) is 0 Å². The van der Waals surface area contributed by atoms with Gasteiger partial charge in [-0.3, -0.25) is 0 Å². The zero-order chi connectivity index (χ0) is 13.5. The first kappa shape index (κ1) is 13.8. The molecule has 0 aliphatic rings. The van der Waals surface area contributed by atoms with Crippen molar-refractivity contribution in [2.45, 2.75) is 20.0 Å². The summed E-state index contributed by atoms with van der Waals surface area (Å²) in [6.07, 6.45) is 1.59. The Bertz CT molecular complexity index is 451. The summed E-state index contributed by atoms with van der Waals surface area (Å²) in [5.74, 6) is 1.24. The average Bonchev–Trinajstić information content (AvgIpc) is 2.28. The molecule has 6 nitrogen and oxygen atoms in total. The topological polar surface area (TPSA) is 95.2 Å². The zero-order valence-corrected chi connectivity index (χ0v) is 10.8. The maximum Gasteiger partial charge on any atom is 0.211 e. The third kappa shape index (κ3) is 4.32. The van der Waals surface area contributed by atoms with Crippen molar-refractivity contribution < 1.29 is 9.47 Å². The summed E-state index contributed by atoms with van der Waals surface area (Å²) in [6, 6.07) is 5.44. The lowest BCUT2D eigenvalue weighted by Crippen LogP contribution is -2.21. The van der Waals surface area contributed by atoms with E-state index in [2.05, 4.69) is 10.2 Å². The number of methoxy groups -OCH3 is 1. The quantitative estimate of drug-likeness (QED) is 0.464. The van der Waals surface area contributed by atoms with Crippen molar-refractivity contribution in [3.8, 4) is 11.5 Å². The molecule has 0 fully saturated rings. The van der Waals surface area contributed by atoms with Crippen LogP contribution in [-0.4, -0.2) is 25.4 Å². The summed E-state index contributed by atoms with van der Waals surface area (Å²) >= 11 is 0. The fraction of sp³-hybridized carbons (Fsp3) is 0.333. The highest BCUT2D eigenvalue weighted by molar-refractivity contribution is 5.82. The lowest BCUT2D eigenvalue weighted by Gasteiger charge is -2.13. The lowest BCUT2D eigenvalue weighted by molar-refractivity contribution is 0.230. The predicted molar refractivity (Wildman–Crippen MR) is 72.2 cm³/mol. The number of hydrogen-bond donors (Lipinski definition) is 2. The summed E-state index contributed by atoms with van der Waals surface area (Å²) in [7, 11) is 1.59. The van der Waals surface area contributed by atoms with Crippen molar-refractivity contribution in [3.05, 3.63) is 23.8 Å². The predicted octanol–water partition coefficient (Wildman–Crippen LogP) is 1.09. The number of ether oxygens (including phenoxy) is 2. The van der Waals surface area contributed by atoms with E-state index in [1.54, 1.807) is 13.2 Å². The minimum Gasteiger partial charge on any atom is -0.493 e. The minimum atomic E-state index is -0.0848. The smallest absolute Gasteiger partial charge is 0.211 e. The molecule has 0 aliphatic carbocycles. The molecule has 1 aromatic rings. The Kier molecular flexibility index (Phi) is 4.98. The number of nitrogens with zero attached hydrogens (tertiary/aromatic N) is 2. The number of nitrogens with two attached hydrogens (primary N) is 2. The summed E-state index contributed by atoms with van der Waals surface area (Å²) in [4.78, 5) is 0. The highest BCUT2D eigenvalue weighted by atomic mass is 16.5. The van der Waals surface area contributed by atoms with Crippen LogP contribution in [0.15, 0.2) is 28.4 Å². The first-order valence-corrected chi connectivity index (χ1v) is 5.49. The summed E-state index contributed by atoms with van der Waals surface area (Å²) in [5.41, 5.74) is 11.2. The third-order valence-electron chi connectivity index (χ3n) is 1.93. The molecule has 0 aliphatic heterocycles. The number of rotatable bonds is 5. The monoisotopic (exact) mass is 250 g/mol. The molecule has 0 saturated heterocycles. The van der Waals surface area contributed by atoms with E-state index in [1.165, 1.54) is 6.21 Å². The Morgan fingerprint density at radius 1 is 1.28 bits per heavy atom. The third-order valence-corrected chi connectivity index (χ3v) is 1.93. The maximum atomic E-state index is 5.63. The summed E-state index contributed by atoms with van der Waals surface area (Å²) in [5, 5.41) is 7.26. The maximum absolute atomic E-state index is 5.63. The van der Waals surface area contributed by atoms with Crippen LogP contribution in [0, 0.1) is 0 Å². The second kappa shape index (κ2) is 6.48. The first-order valence-electron chi connectivity index (χ1n) is 5.49. The van der Waals surface area contributed by atoms with E-state index in [9.17, 15) is 0 Å². The Labute approximate surface area is 106 Å². The van der Waals surface area contributed by atoms with Crippen molar-refractivity contribution in [2.24, 2.45) is 21.7 Å². The molecule has 0 unspecified atom stereocenters. The van der Waals surface area contributed by atoms with Crippen LogP contribution in [0.3, 0.4) is 0 Å². The van der Waals surface area contributed by atoms with Crippen LogP contribution in [-0.2, 0) is 0 Å². The summed E-state index contributed by atoms with van der Waals surface area (Å²) in [6.45, 7) is 3.89. The van der Waals surface area contributed by atoms with Crippen LogP contribution in [0.1, 0.15) is 19.4 Å². The van der Waals surface area contributed by atoms with Crippen molar-refractivity contribution in [1.82, 2.24) is 0 Å². The lowest BCUT2D eigenvalue weighted by atomic mass is 10.2. The van der Waals surface area contributed by atoms with Gasteiger partial charge in [0.1, 0.15) is 0 Å². The van der Waals surface area contributed by atoms with Gasteiger partial charge in [0.2, 0.25) is 5.96 Å². The molecule has 0 amide bonds. The van der Waals surface area contributed by atoms with Gasteiger partial charge in [0.05, 0.1) is 19.4 Å². The average molecular weight is 250 g/mol. The van der Waals surface area contributed by atoms with E-state index in [1.807, 2.05) is 26.0 Å². The van der Waals surface area contributed by atoms with E-state index in [0.717, 1.165) is 5.56 Å². The van der Waals surface area contributed by atoms with Crippen LogP contribution >= 0.6 is 0 Å². The Hall–Kier alpha value is -2.24. The van der Waals surface area contributed by atoms with E-state index < -0.39 is 0 Å². The van der Waals surface area contributed by atoms with Crippen molar-refractivity contribution >= 4 is 12.2 Å². The molecule has 4 N–H and O–H groups in total. The second-order valence-corrected chi connectivity index (χ2v) is 3.85. The van der Waals surface area contributed by atoms with Gasteiger partial charge in [-0.2, -0.15) is 5.10 Å². The van der Waals surface area contributed by atoms with Crippen LogP contribution in [0.4, 0.5) is 0 Å². The molecule has 0 bridgehead atoms. The van der Waals surface area contributed by atoms with Gasteiger partial charge in [-0.05, 0) is 37.6 Å². The molecule has 1 aromatic carbocycles. The fourth-order valence-electron chi connectivity index (χ4n) is 1.28. The Morgan fingerprint density at radius 2 is 2.00 bits per heavy atom. The van der Waals surface area contributed by atoms with Gasteiger partial charge in [0.25, 0.3) is 0 Å². The second-order valence-electron chi connectivity index (χ2n) is 3.85. The molecule has 0 aromatic heterocycles. The van der Waals surface area contributed by atoms with Gasteiger partial charge in [-0.25, -0.2) is 0 Å². The molecule has 18 heavy (non-hydrogen) atoms. The molecule has 1 rings (SSSR count). The van der Waals surface area contributed by atoms with E-state index in [-0.39, 0.29) is 12.1 Å². The Morgan fingerprint density at radius 3 is 2.56 bits per heavy atom. The molecule has 0 radical (unpaired) electrons. The van der Waals surface area contributed by atoms with Gasteiger partial charge in [-0.1, -0.05) is 0 Å². The van der Waals surface area contributed by atoms with Crippen LogP contribution in [0.25, 0.3) is 0 Å².